The zero-order chi connectivity index (χ0) is 22.4. The molecule has 2 aromatic heterocycles. The van der Waals surface area contributed by atoms with E-state index in [1.807, 2.05) is 65.2 Å². The van der Waals surface area contributed by atoms with Gasteiger partial charge in [-0.1, -0.05) is 36.4 Å². The molecule has 0 saturated carbocycles. The van der Waals surface area contributed by atoms with Crippen molar-refractivity contribution < 1.29 is 4.79 Å². The number of hydrogen-bond donors (Lipinski definition) is 3. The van der Waals surface area contributed by atoms with E-state index in [2.05, 4.69) is 15.6 Å². The third kappa shape index (κ3) is 3.47. The number of piperidine rings is 1. The zero-order valence-corrected chi connectivity index (χ0v) is 18.0. The molecular weight excluding hydrogens is 414 g/mol. The number of carbonyl (C=O) groups is 1. The number of nitrogens with one attached hydrogen (secondary N) is 3. The minimum absolute atomic E-state index is 0.159. The van der Waals surface area contributed by atoms with Crippen molar-refractivity contribution in [3.05, 3.63) is 88.3 Å². The van der Waals surface area contributed by atoms with Gasteiger partial charge < -0.3 is 15.6 Å². The Balaban J connectivity index is 1.44. The molecule has 0 aliphatic carbocycles. The van der Waals surface area contributed by atoms with E-state index >= 15 is 0 Å². The lowest BCUT2D eigenvalue weighted by Crippen LogP contribution is -2.28. The topological polar surface area (TPSA) is 91.3 Å². The molecule has 3 heterocycles. The van der Waals surface area contributed by atoms with Crippen molar-refractivity contribution in [1.82, 2.24) is 19.9 Å². The predicted octanol–water partition coefficient (Wildman–Crippen LogP) is 4.05. The van der Waals surface area contributed by atoms with E-state index in [-0.39, 0.29) is 17.4 Å². The lowest BCUT2D eigenvalue weighted by atomic mass is 9.94. The average Bonchev–Trinajstić information content (AvgIpc) is 3.23. The normalized spacial score (nSPS) is 14.8. The van der Waals surface area contributed by atoms with Gasteiger partial charge in [-0.2, -0.15) is 5.10 Å². The minimum atomic E-state index is -0.204. The van der Waals surface area contributed by atoms with Crippen LogP contribution in [0.1, 0.15) is 34.8 Å². The highest BCUT2D eigenvalue weighted by Crippen LogP contribution is 2.30. The summed E-state index contributed by atoms with van der Waals surface area (Å²) < 4.78 is 1.84. The van der Waals surface area contributed by atoms with Crippen LogP contribution in [0.25, 0.3) is 27.3 Å². The minimum Gasteiger partial charge on any atom is -0.321 e. The van der Waals surface area contributed by atoms with E-state index < -0.39 is 0 Å². The van der Waals surface area contributed by atoms with Crippen molar-refractivity contribution in [3.63, 3.8) is 0 Å². The molecule has 3 N–H and O–H groups in total. The Kier molecular flexibility index (Phi) is 4.69. The van der Waals surface area contributed by atoms with Gasteiger partial charge >= 0.3 is 0 Å². The first kappa shape index (κ1) is 19.7. The summed E-state index contributed by atoms with van der Waals surface area (Å²) in [7, 11) is 0. The van der Waals surface area contributed by atoms with Crippen LogP contribution < -0.4 is 16.2 Å². The van der Waals surface area contributed by atoms with Crippen LogP contribution in [0.2, 0.25) is 0 Å². The van der Waals surface area contributed by atoms with Crippen LogP contribution >= 0.6 is 0 Å². The van der Waals surface area contributed by atoms with Gasteiger partial charge in [-0.15, -0.1) is 0 Å². The predicted molar refractivity (Wildman–Crippen MR) is 130 cm³/mol. The Bertz CT molecular complexity index is 1580. The molecule has 0 atom stereocenters. The van der Waals surface area contributed by atoms with Crippen LogP contribution in [-0.4, -0.2) is 33.6 Å². The molecule has 0 radical (unpaired) electrons. The molecule has 1 amide bonds. The number of rotatable bonds is 3. The molecule has 0 unspecified atom stereocenters. The largest absolute Gasteiger partial charge is 0.321 e. The van der Waals surface area contributed by atoms with E-state index in [9.17, 15) is 9.59 Å². The number of aromatic nitrogens is 3. The van der Waals surface area contributed by atoms with Crippen LogP contribution in [-0.2, 0) is 0 Å². The number of hydrogen-bond acceptors (Lipinski definition) is 4. The van der Waals surface area contributed by atoms with Crippen LogP contribution in [0.4, 0.5) is 5.69 Å². The van der Waals surface area contributed by atoms with Crippen molar-refractivity contribution in [3.8, 4) is 0 Å². The first-order valence-electron chi connectivity index (χ1n) is 11.2. The number of anilines is 1. The molecule has 7 heteroatoms. The molecule has 1 aliphatic heterocycles. The highest BCUT2D eigenvalue weighted by molar-refractivity contribution is 6.12. The van der Waals surface area contributed by atoms with Crippen molar-refractivity contribution in [2.75, 3.05) is 18.4 Å². The SMILES string of the molecule is O=C(Nc1cccc2nn3c(C4CCNCC4)cc(=O)[nH]c3c12)c1ccc2ccccc2c1. The van der Waals surface area contributed by atoms with Gasteiger partial charge in [-0.3, -0.25) is 9.59 Å². The Morgan fingerprint density at radius 1 is 0.970 bits per heavy atom. The fourth-order valence-corrected chi connectivity index (χ4v) is 4.82. The maximum absolute atomic E-state index is 13.1. The average molecular weight is 438 g/mol. The number of aromatic amines is 1. The number of H-pyrrole nitrogens is 1. The zero-order valence-electron chi connectivity index (χ0n) is 18.0. The summed E-state index contributed by atoms with van der Waals surface area (Å²) in [6.07, 6.45) is 1.92. The third-order valence-corrected chi connectivity index (χ3v) is 6.48. The van der Waals surface area contributed by atoms with Crippen molar-refractivity contribution in [2.45, 2.75) is 18.8 Å². The Morgan fingerprint density at radius 2 is 1.79 bits per heavy atom. The highest BCUT2D eigenvalue weighted by Gasteiger charge is 2.22. The van der Waals surface area contributed by atoms with Crippen molar-refractivity contribution in [1.29, 1.82) is 0 Å². The summed E-state index contributed by atoms with van der Waals surface area (Å²) in [5, 5.41) is 14.0. The summed E-state index contributed by atoms with van der Waals surface area (Å²) in [6, 6.07) is 20.9. The van der Waals surface area contributed by atoms with E-state index in [0.29, 0.717) is 16.9 Å². The molecular formula is C26H23N5O2. The summed E-state index contributed by atoms with van der Waals surface area (Å²) in [4.78, 5) is 28.6. The number of carbonyl (C=O) groups excluding carboxylic acids is 1. The van der Waals surface area contributed by atoms with Crippen molar-refractivity contribution in [2.24, 2.45) is 0 Å². The van der Waals surface area contributed by atoms with Gasteiger partial charge in [-0.05, 0) is 61.0 Å². The third-order valence-electron chi connectivity index (χ3n) is 6.48. The van der Waals surface area contributed by atoms with E-state index in [4.69, 9.17) is 5.10 Å². The van der Waals surface area contributed by atoms with E-state index in [1.165, 1.54) is 0 Å². The van der Waals surface area contributed by atoms with Crippen LogP contribution in [0.15, 0.2) is 71.5 Å². The quantitative estimate of drug-likeness (QED) is 0.397. The molecule has 0 bridgehead atoms. The molecule has 0 spiro atoms. The van der Waals surface area contributed by atoms with Gasteiger partial charge in [0.2, 0.25) is 0 Å². The van der Waals surface area contributed by atoms with Gasteiger partial charge in [0.15, 0.2) is 0 Å². The van der Waals surface area contributed by atoms with Crippen LogP contribution in [0.3, 0.4) is 0 Å². The van der Waals surface area contributed by atoms with E-state index in [0.717, 1.165) is 53.3 Å². The molecule has 3 aromatic carbocycles. The Hall–Kier alpha value is -3.97. The van der Waals surface area contributed by atoms with Crippen LogP contribution in [0.5, 0.6) is 0 Å². The lowest BCUT2D eigenvalue weighted by Gasteiger charge is -2.23. The second-order valence-corrected chi connectivity index (χ2v) is 8.56. The first-order chi connectivity index (χ1) is 16.2. The molecule has 5 aromatic rings. The number of amides is 1. The van der Waals surface area contributed by atoms with Crippen LogP contribution in [0, 0.1) is 0 Å². The summed E-state index contributed by atoms with van der Waals surface area (Å²) >= 11 is 0. The summed E-state index contributed by atoms with van der Waals surface area (Å²) in [6.45, 7) is 1.85. The Morgan fingerprint density at radius 3 is 2.64 bits per heavy atom. The lowest BCUT2D eigenvalue weighted by molar-refractivity contribution is 0.102. The first-order valence-corrected chi connectivity index (χ1v) is 11.2. The number of nitrogens with zero attached hydrogens (tertiary/aromatic N) is 2. The second kappa shape index (κ2) is 7.86. The van der Waals surface area contributed by atoms with Gasteiger partial charge in [-0.25, -0.2) is 4.52 Å². The number of benzene rings is 3. The van der Waals surface area contributed by atoms with E-state index in [1.54, 1.807) is 6.07 Å². The number of fused-ring (bicyclic) bond motifs is 4. The Labute approximate surface area is 189 Å². The van der Waals surface area contributed by atoms with Gasteiger partial charge in [0.25, 0.3) is 11.5 Å². The van der Waals surface area contributed by atoms with Gasteiger partial charge in [0, 0.05) is 17.5 Å². The molecule has 1 fully saturated rings. The van der Waals surface area contributed by atoms with Gasteiger partial charge in [0.05, 0.1) is 22.3 Å². The van der Waals surface area contributed by atoms with Gasteiger partial charge in [0.1, 0.15) is 5.65 Å². The molecule has 1 aliphatic rings. The maximum Gasteiger partial charge on any atom is 0.255 e. The molecule has 6 rings (SSSR count). The maximum atomic E-state index is 13.1. The summed E-state index contributed by atoms with van der Waals surface area (Å²) in [5.74, 6) is 0.0606. The second-order valence-electron chi connectivity index (χ2n) is 8.56. The smallest absolute Gasteiger partial charge is 0.255 e. The monoisotopic (exact) mass is 437 g/mol. The summed E-state index contributed by atoms with van der Waals surface area (Å²) in [5.41, 5.74) is 3.29. The molecule has 7 nitrogen and oxygen atoms in total. The molecule has 164 valence electrons. The highest BCUT2D eigenvalue weighted by atomic mass is 16.1. The molecule has 33 heavy (non-hydrogen) atoms. The van der Waals surface area contributed by atoms with Crippen molar-refractivity contribution >= 4 is 38.9 Å². The fourth-order valence-electron chi connectivity index (χ4n) is 4.82. The fraction of sp³-hybridized carbons (Fsp3) is 0.192. The molecule has 1 saturated heterocycles. The standard InChI is InChI=1S/C26H23N5O2/c32-23-15-22(17-10-12-27-13-11-17)31-25(29-23)24-20(6-3-7-21(24)30-31)28-26(33)19-9-8-16-4-1-2-5-18(16)14-19/h1-9,14-15,17,27H,10-13H2,(H,28,33)(H,29,32).